The third kappa shape index (κ3) is 3.82. The first-order valence-electron chi connectivity index (χ1n) is 7.57. The van der Waals surface area contributed by atoms with Crippen LogP contribution in [0.15, 0.2) is 23.4 Å². The average Bonchev–Trinajstić information content (AvgIpc) is 2.97. The highest BCUT2D eigenvalue weighted by Crippen LogP contribution is 2.33. The lowest BCUT2D eigenvalue weighted by atomic mass is 10.1. The number of anilines is 1. The van der Waals surface area contributed by atoms with Crippen LogP contribution in [0.3, 0.4) is 0 Å². The molecule has 0 aromatic heterocycles. The van der Waals surface area contributed by atoms with Gasteiger partial charge in [-0.15, -0.1) is 0 Å². The van der Waals surface area contributed by atoms with Crippen molar-refractivity contribution in [2.75, 3.05) is 11.4 Å². The molecule has 1 aromatic rings. The van der Waals surface area contributed by atoms with Gasteiger partial charge in [0.15, 0.2) is 5.84 Å². The standard InChI is InChI=1S/C16H24ClN3O/c1-11(2)10-20(13-5-3-4-6-13)15-9-12(17)7-8-14(15)16(18)19-21/h7-9,11,13,21H,3-6,10H2,1-2H3,(H2,18,19). The molecule has 3 N–H and O–H groups in total. The van der Waals surface area contributed by atoms with Gasteiger partial charge >= 0.3 is 0 Å². The summed E-state index contributed by atoms with van der Waals surface area (Å²) in [5.74, 6) is 0.665. The smallest absolute Gasteiger partial charge is 0.172 e. The maximum Gasteiger partial charge on any atom is 0.172 e. The number of benzene rings is 1. The Labute approximate surface area is 131 Å². The maximum absolute atomic E-state index is 9.02. The lowest BCUT2D eigenvalue weighted by molar-refractivity contribution is 0.318. The first-order chi connectivity index (χ1) is 10.0. The van der Waals surface area contributed by atoms with Crippen molar-refractivity contribution in [3.05, 3.63) is 28.8 Å². The Hall–Kier alpha value is -1.42. The van der Waals surface area contributed by atoms with Crippen LogP contribution in [-0.4, -0.2) is 23.6 Å². The summed E-state index contributed by atoms with van der Waals surface area (Å²) >= 11 is 6.18. The van der Waals surface area contributed by atoms with Crippen molar-refractivity contribution in [2.45, 2.75) is 45.6 Å². The first-order valence-corrected chi connectivity index (χ1v) is 7.94. The van der Waals surface area contributed by atoms with Crippen LogP contribution < -0.4 is 10.6 Å². The van der Waals surface area contributed by atoms with Gasteiger partial charge in [-0.1, -0.05) is 43.4 Å². The van der Waals surface area contributed by atoms with E-state index >= 15 is 0 Å². The number of oxime groups is 1. The molecule has 0 atom stereocenters. The summed E-state index contributed by atoms with van der Waals surface area (Å²) in [6, 6.07) is 6.04. The Morgan fingerprint density at radius 2 is 2.10 bits per heavy atom. The highest BCUT2D eigenvalue weighted by molar-refractivity contribution is 6.31. The molecule has 0 heterocycles. The van der Waals surface area contributed by atoms with Gasteiger partial charge in [0.1, 0.15) is 0 Å². The van der Waals surface area contributed by atoms with E-state index in [0.29, 0.717) is 17.0 Å². The molecule has 2 rings (SSSR count). The van der Waals surface area contributed by atoms with E-state index in [1.807, 2.05) is 12.1 Å². The van der Waals surface area contributed by atoms with E-state index < -0.39 is 0 Å². The Kier molecular flexibility index (Phi) is 5.34. The highest BCUT2D eigenvalue weighted by Gasteiger charge is 2.26. The average molecular weight is 310 g/mol. The fourth-order valence-corrected chi connectivity index (χ4v) is 3.23. The van der Waals surface area contributed by atoms with Crippen molar-refractivity contribution < 1.29 is 5.21 Å². The molecule has 0 radical (unpaired) electrons. The molecular weight excluding hydrogens is 286 g/mol. The van der Waals surface area contributed by atoms with E-state index in [1.165, 1.54) is 25.7 Å². The first kappa shape index (κ1) is 16.0. The Bertz CT molecular complexity index is 510. The highest BCUT2D eigenvalue weighted by atomic mass is 35.5. The minimum Gasteiger partial charge on any atom is -0.409 e. The number of hydrogen-bond donors (Lipinski definition) is 2. The van der Waals surface area contributed by atoms with Crippen LogP contribution >= 0.6 is 11.6 Å². The molecule has 0 spiro atoms. The van der Waals surface area contributed by atoms with E-state index in [9.17, 15) is 0 Å². The zero-order valence-corrected chi connectivity index (χ0v) is 13.5. The van der Waals surface area contributed by atoms with E-state index in [2.05, 4.69) is 23.9 Å². The predicted molar refractivity (Wildman–Crippen MR) is 88.4 cm³/mol. The molecule has 1 fully saturated rings. The maximum atomic E-state index is 9.02. The van der Waals surface area contributed by atoms with Crippen LogP contribution in [0.25, 0.3) is 0 Å². The zero-order valence-electron chi connectivity index (χ0n) is 12.7. The quantitative estimate of drug-likeness (QED) is 0.376. The van der Waals surface area contributed by atoms with Crippen LogP contribution in [0.5, 0.6) is 0 Å². The molecule has 1 aliphatic rings. The number of rotatable bonds is 5. The van der Waals surface area contributed by atoms with Gasteiger partial charge < -0.3 is 15.8 Å². The monoisotopic (exact) mass is 309 g/mol. The number of amidine groups is 1. The Morgan fingerprint density at radius 3 is 2.67 bits per heavy atom. The van der Waals surface area contributed by atoms with E-state index in [-0.39, 0.29) is 5.84 Å². The third-order valence-corrected chi connectivity index (χ3v) is 4.22. The molecule has 116 valence electrons. The van der Waals surface area contributed by atoms with Crippen molar-refractivity contribution in [1.82, 2.24) is 0 Å². The summed E-state index contributed by atoms with van der Waals surface area (Å²) < 4.78 is 0. The molecule has 0 saturated heterocycles. The molecule has 4 nitrogen and oxygen atoms in total. The fourth-order valence-electron chi connectivity index (χ4n) is 3.07. The van der Waals surface area contributed by atoms with Gasteiger partial charge in [-0.05, 0) is 37.0 Å². The number of nitrogens with two attached hydrogens (primary N) is 1. The van der Waals surface area contributed by atoms with Crippen molar-refractivity contribution in [3.8, 4) is 0 Å². The molecule has 0 amide bonds. The summed E-state index contributed by atoms with van der Waals surface area (Å²) in [6.45, 7) is 5.35. The number of hydrogen-bond acceptors (Lipinski definition) is 3. The van der Waals surface area contributed by atoms with Crippen LogP contribution in [0.4, 0.5) is 5.69 Å². The van der Waals surface area contributed by atoms with E-state index in [4.69, 9.17) is 22.5 Å². The molecule has 0 aliphatic heterocycles. The third-order valence-electron chi connectivity index (χ3n) is 3.98. The van der Waals surface area contributed by atoms with Crippen molar-refractivity contribution >= 4 is 23.1 Å². The van der Waals surface area contributed by atoms with Crippen LogP contribution in [0.1, 0.15) is 45.1 Å². The summed E-state index contributed by atoms with van der Waals surface area (Å²) in [5.41, 5.74) is 7.56. The van der Waals surface area contributed by atoms with Crippen molar-refractivity contribution in [2.24, 2.45) is 16.8 Å². The van der Waals surface area contributed by atoms with Gasteiger partial charge in [-0.25, -0.2) is 0 Å². The van der Waals surface area contributed by atoms with Gasteiger partial charge in [0, 0.05) is 28.9 Å². The van der Waals surface area contributed by atoms with E-state index in [1.54, 1.807) is 6.07 Å². The predicted octanol–water partition coefficient (Wildman–Crippen LogP) is 3.84. The Balaban J connectivity index is 2.44. The SMILES string of the molecule is CC(C)CN(c1cc(Cl)ccc1/C(N)=N/O)C1CCCC1. The summed E-state index contributed by atoms with van der Waals surface area (Å²) in [7, 11) is 0. The normalized spacial score (nSPS) is 16.7. The fraction of sp³-hybridized carbons (Fsp3) is 0.562. The molecular formula is C16H24ClN3O. The summed E-state index contributed by atoms with van der Waals surface area (Å²) in [6.07, 6.45) is 4.90. The molecule has 1 aliphatic carbocycles. The number of halogens is 1. The van der Waals surface area contributed by atoms with Gasteiger partial charge in [-0.3, -0.25) is 0 Å². The van der Waals surface area contributed by atoms with Crippen molar-refractivity contribution in [3.63, 3.8) is 0 Å². The molecule has 1 saturated carbocycles. The van der Waals surface area contributed by atoms with Crippen LogP contribution in [0.2, 0.25) is 5.02 Å². The van der Waals surface area contributed by atoms with Gasteiger partial charge in [-0.2, -0.15) is 0 Å². The van der Waals surface area contributed by atoms with Gasteiger partial charge in [0.2, 0.25) is 0 Å². The largest absolute Gasteiger partial charge is 0.409 e. The summed E-state index contributed by atoms with van der Waals surface area (Å²) in [4.78, 5) is 2.39. The lowest BCUT2D eigenvalue weighted by Crippen LogP contribution is -2.37. The van der Waals surface area contributed by atoms with Gasteiger partial charge in [0.05, 0.1) is 0 Å². The minimum absolute atomic E-state index is 0.133. The minimum atomic E-state index is 0.133. The molecule has 0 bridgehead atoms. The second kappa shape index (κ2) is 7.03. The lowest BCUT2D eigenvalue weighted by Gasteiger charge is -2.34. The molecule has 21 heavy (non-hydrogen) atoms. The molecule has 0 unspecified atom stereocenters. The van der Waals surface area contributed by atoms with E-state index in [0.717, 1.165) is 17.8 Å². The van der Waals surface area contributed by atoms with Crippen LogP contribution in [-0.2, 0) is 0 Å². The summed E-state index contributed by atoms with van der Waals surface area (Å²) in [5, 5.41) is 12.9. The topological polar surface area (TPSA) is 61.8 Å². The van der Waals surface area contributed by atoms with Crippen molar-refractivity contribution in [1.29, 1.82) is 0 Å². The van der Waals surface area contributed by atoms with Crippen LogP contribution in [0, 0.1) is 5.92 Å². The number of nitrogens with zero attached hydrogens (tertiary/aromatic N) is 2. The zero-order chi connectivity index (χ0) is 15.4. The second-order valence-electron chi connectivity index (χ2n) is 6.13. The second-order valence-corrected chi connectivity index (χ2v) is 6.57. The molecule has 5 heteroatoms. The molecule has 1 aromatic carbocycles. The Morgan fingerprint density at radius 1 is 1.43 bits per heavy atom. The van der Waals surface area contributed by atoms with Gasteiger partial charge in [0.25, 0.3) is 0 Å².